The molecule has 0 saturated carbocycles. The van der Waals surface area contributed by atoms with Gasteiger partial charge < -0.3 is 9.47 Å². The number of ether oxygens (including phenoxy) is 2. The molecule has 26 heavy (non-hydrogen) atoms. The van der Waals surface area contributed by atoms with Crippen molar-refractivity contribution in [1.29, 1.82) is 0 Å². The molecular weight excluding hydrogens is 370 g/mol. The minimum absolute atomic E-state index is 0.0258. The molecule has 0 bridgehead atoms. The van der Waals surface area contributed by atoms with Crippen LogP contribution < -0.4 is 0 Å². The molecule has 1 saturated heterocycles. The summed E-state index contributed by atoms with van der Waals surface area (Å²) in [5.74, 6) is 1.73. The molecule has 0 aliphatic carbocycles. The lowest BCUT2D eigenvalue weighted by molar-refractivity contribution is -0.154. The van der Waals surface area contributed by atoms with Crippen LogP contribution in [0.3, 0.4) is 0 Å². The van der Waals surface area contributed by atoms with Crippen molar-refractivity contribution in [3.05, 3.63) is 0 Å². The van der Waals surface area contributed by atoms with E-state index in [-0.39, 0.29) is 36.1 Å². The van der Waals surface area contributed by atoms with Crippen LogP contribution in [-0.2, 0) is 19.1 Å². The molecule has 7 heteroatoms. The predicted molar refractivity (Wildman–Crippen MR) is 110 cm³/mol. The van der Waals surface area contributed by atoms with Crippen molar-refractivity contribution < 1.29 is 19.1 Å². The molecule has 5 nitrogen and oxygen atoms in total. The smallest absolute Gasteiger partial charge is 0.307 e. The fourth-order valence-electron chi connectivity index (χ4n) is 2.71. The van der Waals surface area contributed by atoms with E-state index in [9.17, 15) is 9.59 Å². The van der Waals surface area contributed by atoms with Gasteiger partial charge >= 0.3 is 11.9 Å². The van der Waals surface area contributed by atoms with Crippen LogP contribution in [0.4, 0.5) is 0 Å². The van der Waals surface area contributed by atoms with Gasteiger partial charge in [0.05, 0.1) is 12.8 Å². The Morgan fingerprint density at radius 2 is 1.54 bits per heavy atom. The molecule has 1 aliphatic rings. The first kappa shape index (κ1) is 23.6. The molecule has 0 atom stereocenters. The predicted octanol–water partition coefficient (Wildman–Crippen LogP) is 4.15. The lowest BCUT2D eigenvalue weighted by atomic mass is 9.87. The van der Waals surface area contributed by atoms with Crippen molar-refractivity contribution in [1.82, 2.24) is 4.90 Å². The topological polar surface area (TPSA) is 55.8 Å². The summed E-state index contributed by atoms with van der Waals surface area (Å²) in [5.41, 5.74) is -0.0288. The van der Waals surface area contributed by atoms with Crippen LogP contribution in [0.2, 0.25) is 0 Å². The number of hydrogen-bond donors (Lipinski definition) is 0. The molecule has 1 rings (SSSR count). The van der Waals surface area contributed by atoms with E-state index < -0.39 is 0 Å². The van der Waals surface area contributed by atoms with Crippen LogP contribution in [0.1, 0.15) is 60.8 Å². The van der Waals surface area contributed by atoms with Gasteiger partial charge in [-0.05, 0) is 26.2 Å². The minimum Gasteiger partial charge on any atom is -0.462 e. The zero-order chi connectivity index (χ0) is 19.8. The Balaban J connectivity index is 2.26. The highest BCUT2D eigenvalue weighted by Crippen LogP contribution is 2.35. The maximum Gasteiger partial charge on any atom is 0.307 e. The van der Waals surface area contributed by atoms with Gasteiger partial charge in [0.25, 0.3) is 0 Å². The summed E-state index contributed by atoms with van der Waals surface area (Å²) in [6, 6.07) is 0.501. The second-order valence-electron chi connectivity index (χ2n) is 8.47. The molecule has 1 aliphatic heterocycles. The summed E-state index contributed by atoms with van der Waals surface area (Å²) in [6.07, 6.45) is 1.66. The number of nitrogens with zero attached hydrogens (tertiary/aromatic N) is 1. The van der Waals surface area contributed by atoms with E-state index in [1.165, 1.54) is 0 Å². The van der Waals surface area contributed by atoms with Crippen molar-refractivity contribution in [3.63, 3.8) is 0 Å². The summed E-state index contributed by atoms with van der Waals surface area (Å²) in [4.78, 5) is 26.2. The number of carbonyl (C=O) groups excluding carboxylic acids is 2. The van der Waals surface area contributed by atoms with Crippen LogP contribution in [0.5, 0.6) is 0 Å². The normalized spacial score (nSPS) is 16.1. The highest BCUT2D eigenvalue weighted by molar-refractivity contribution is 8.77. The van der Waals surface area contributed by atoms with Crippen LogP contribution in [0.15, 0.2) is 0 Å². The molecule has 1 fully saturated rings. The molecule has 0 spiro atoms. The molecule has 1 heterocycles. The quantitative estimate of drug-likeness (QED) is 0.307. The molecule has 0 amide bonds. The Bertz CT molecular complexity index is 457. The van der Waals surface area contributed by atoms with Crippen molar-refractivity contribution in [2.24, 2.45) is 5.41 Å². The van der Waals surface area contributed by atoms with Crippen molar-refractivity contribution in [2.75, 3.05) is 31.3 Å². The Labute approximate surface area is 166 Å². The highest BCUT2D eigenvalue weighted by atomic mass is 33.1. The number of rotatable bonds is 10. The Hall–Kier alpha value is -0.400. The third-order valence-electron chi connectivity index (χ3n) is 4.65. The third-order valence-corrected chi connectivity index (χ3v) is 7.18. The number of esters is 2. The fraction of sp³-hybridized carbons (Fsp3) is 0.895. The van der Waals surface area contributed by atoms with E-state index in [1.807, 2.05) is 35.4 Å². The van der Waals surface area contributed by atoms with Crippen LogP contribution in [-0.4, -0.2) is 59.7 Å². The average Bonchev–Trinajstić information content (AvgIpc) is 3.04. The Kier molecular flexibility index (Phi) is 9.83. The summed E-state index contributed by atoms with van der Waals surface area (Å²) in [5, 5.41) is 0. The Morgan fingerprint density at radius 3 is 2.04 bits per heavy atom. The Morgan fingerprint density at radius 1 is 1.00 bits per heavy atom. The molecule has 0 aromatic heterocycles. The lowest BCUT2D eigenvalue weighted by Gasteiger charge is -2.39. The molecule has 0 aromatic carbocycles. The van der Waals surface area contributed by atoms with Crippen LogP contribution in [0, 0.1) is 5.41 Å². The van der Waals surface area contributed by atoms with Crippen molar-refractivity contribution >= 4 is 33.5 Å². The van der Waals surface area contributed by atoms with Gasteiger partial charge in [-0.3, -0.25) is 14.5 Å². The van der Waals surface area contributed by atoms with E-state index in [1.54, 1.807) is 0 Å². The van der Waals surface area contributed by atoms with Gasteiger partial charge in [0.15, 0.2) is 0 Å². The molecule has 0 radical (unpaired) electrons. The molecule has 0 unspecified atom stereocenters. The maximum atomic E-state index is 12.0. The van der Waals surface area contributed by atoms with E-state index in [2.05, 4.69) is 32.6 Å². The van der Waals surface area contributed by atoms with Gasteiger partial charge in [0.2, 0.25) is 0 Å². The summed E-state index contributed by atoms with van der Waals surface area (Å²) >= 11 is 0. The SMILES string of the molecule is CCC(C)(C)CC(=O)OCCOC(=O)CCN(C1CSSC1)C(C)(C)C. The summed E-state index contributed by atoms with van der Waals surface area (Å²) in [7, 11) is 3.79. The van der Waals surface area contributed by atoms with Crippen LogP contribution >= 0.6 is 21.6 Å². The zero-order valence-corrected chi connectivity index (χ0v) is 18.8. The molecule has 152 valence electrons. The lowest BCUT2D eigenvalue weighted by Crippen LogP contribution is -2.50. The van der Waals surface area contributed by atoms with Crippen molar-refractivity contribution in [3.8, 4) is 0 Å². The number of carbonyl (C=O) groups is 2. The largest absolute Gasteiger partial charge is 0.462 e. The monoisotopic (exact) mass is 405 g/mol. The van der Waals surface area contributed by atoms with E-state index in [4.69, 9.17) is 9.47 Å². The van der Waals surface area contributed by atoms with Gasteiger partial charge in [-0.15, -0.1) is 0 Å². The fourth-order valence-corrected chi connectivity index (χ4v) is 5.48. The van der Waals surface area contributed by atoms with E-state index in [0.29, 0.717) is 25.4 Å². The first-order valence-electron chi connectivity index (χ1n) is 9.37. The van der Waals surface area contributed by atoms with E-state index in [0.717, 1.165) is 17.9 Å². The first-order chi connectivity index (χ1) is 12.0. The second kappa shape index (κ2) is 10.8. The average molecular weight is 406 g/mol. The van der Waals surface area contributed by atoms with Gasteiger partial charge in [-0.1, -0.05) is 48.8 Å². The third kappa shape index (κ3) is 9.00. The maximum absolute atomic E-state index is 12.0. The summed E-state index contributed by atoms with van der Waals surface area (Å²) in [6.45, 7) is 13.6. The standard InChI is InChI=1S/C19H35NO4S2/c1-7-19(5,6)12-17(22)24-11-10-23-16(21)8-9-20(18(2,3)4)15-13-25-26-14-15/h15H,7-14H2,1-6H3. The zero-order valence-electron chi connectivity index (χ0n) is 17.1. The molecular formula is C19H35NO4S2. The summed E-state index contributed by atoms with van der Waals surface area (Å²) < 4.78 is 10.4. The first-order valence-corrected chi connectivity index (χ1v) is 11.9. The van der Waals surface area contributed by atoms with Crippen molar-refractivity contribution in [2.45, 2.75) is 72.4 Å². The molecule has 0 aromatic rings. The van der Waals surface area contributed by atoms with Gasteiger partial charge in [-0.2, -0.15) is 0 Å². The van der Waals surface area contributed by atoms with Gasteiger partial charge in [-0.25, -0.2) is 0 Å². The minimum atomic E-state index is -0.234. The second-order valence-corrected chi connectivity index (χ2v) is 11.0. The van der Waals surface area contributed by atoms with E-state index >= 15 is 0 Å². The van der Waals surface area contributed by atoms with Gasteiger partial charge in [0, 0.05) is 29.6 Å². The number of hydrogen-bond acceptors (Lipinski definition) is 7. The van der Waals surface area contributed by atoms with Crippen LogP contribution in [0.25, 0.3) is 0 Å². The van der Waals surface area contributed by atoms with Gasteiger partial charge in [0.1, 0.15) is 13.2 Å². The molecule has 0 N–H and O–H groups in total. The highest BCUT2D eigenvalue weighted by Gasteiger charge is 2.32.